The maximum absolute atomic E-state index is 14.5. The molecule has 0 bridgehead atoms. The van der Waals surface area contributed by atoms with Crippen molar-refractivity contribution in [3.8, 4) is 16.9 Å². The summed E-state index contributed by atoms with van der Waals surface area (Å²) in [4.78, 5) is 7.74. The second-order valence-corrected chi connectivity index (χ2v) is 9.81. The fraction of sp³-hybridized carbons (Fsp3) is 0.143. The van der Waals surface area contributed by atoms with Crippen molar-refractivity contribution in [2.75, 3.05) is 12.8 Å². The third kappa shape index (κ3) is 3.76. The average molecular weight is 495 g/mol. The number of benzene rings is 2. The number of aromatic nitrogens is 3. The van der Waals surface area contributed by atoms with Crippen LogP contribution in [-0.4, -0.2) is 30.1 Å². The summed E-state index contributed by atoms with van der Waals surface area (Å²) >= 11 is 12.6. The molecule has 32 heavy (non-hydrogen) atoms. The lowest BCUT2D eigenvalue weighted by atomic mass is 10.0. The molecule has 0 aliphatic rings. The highest BCUT2D eigenvalue weighted by molar-refractivity contribution is 7.90. The Morgan fingerprint density at radius 2 is 1.94 bits per heavy atom. The van der Waals surface area contributed by atoms with Crippen molar-refractivity contribution in [1.29, 1.82) is 0 Å². The van der Waals surface area contributed by atoms with Crippen molar-refractivity contribution in [2.45, 2.75) is 10.6 Å². The highest BCUT2D eigenvalue weighted by Crippen LogP contribution is 2.39. The standard InChI is InChI=1S/C21H17Cl2FN4O3S/c1-28-8-13(18-20(25)26-10-27-21(18)28)12-5-3-4-11(19(12)23)9-32(29,30)17-6-14(22)16(31-2)7-15(17)24/h3-8,10H,9H2,1-2H3,(H2,25,26,27). The Labute approximate surface area is 193 Å². The number of ether oxygens (including phenoxy) is 1. The van der Waals surface area contributed by atoms with E-state index in [-0.39, 0.29) is 21.6 Å². The van der Waals surface area contributed by atoms with E-state index in [0.717, 1.165) is 12.1 Å². The molecule has 0 amide bonds. The van der Waals surface area contributed by atoms with Crippen LogP contribution in [-0.2, 0) is 22.6 Å². The van der Waals surface area contributed by atoms with Crippen LogP contribution in [0.1, 0.15) is 5.56 Å². The van der Waals surface area contributed by atoms with Crippen LogP contribution in [0.3, 0.4) is 0 Å². The molecule has 4 rings (SSSR count). The summed E-state index contributed by atoms with van der Waals surface area (Å²) in [5.41, 5.74) is 8.17. The van der Waals surface area contributed by atoms with Crippen molar-refractivity contribution < 1.29 is 17.5 Å². The highest BCUT2D eigenvalue weighted by atomic mass is 35.5. The van der Waals surface area contributed by atoms with Crippen LogP contribution in [0.2, 0.25) is 10.0 Å². The Hall–Kier alpha value is -2.88. The fourth-order valence-electron chi connectivity index (χ4n) is 3.53. The minimum absolute atomic E-state index is 0.0152. The monoisotopic (exact) mass is 494 g/mol. The molecule has 0 unspecified atom stereocenters. The molecule has 0 aliphatic heterocycles. The second kappa shape index (κ2) is 8.23. The minimum atomic E-state index is -4.11. The maximum atomic E-state index is 14.5. The molecule has 0 fully saturated rings. The molecule has 0 saturated carbocycles. The zero-order valence-electron chi connectivity index (χ0n) is 16.9. The number of anilines is 1. The van der Waals surface area contributed by atoms with Crippen LogP contribution >= 0.6 is 23.2 Å². The Kier molecular flexibility index (Phi) is 5.74. The third-order valence-electron chi connectivity index (χ3n) is 5.04. The summed E-state index contributed by atoms with van der Waals surface area (Å²) in [5, 5.41) is 0.787. The normalized spacial score (nSPS) is 11.8. The first kappa shape index (κ1) is 22.3. The Bertz CT molecular complexity index is 1470. The van der Waals surface area contributed by atoms with E-state index in [2.05, 4.69) is 9.97 Å². The van der Waals surface area contributed by atoms with E-state index < -0.39 is 26.3 Å². The van der Waals surface area contributed by atoms with Crippen molar-refractivity contribution in [2.24, 2.45) is 7.05 Å². The van der Waals surface area contributed by atoms with Gasteiger partial charge in [-0.3, -0.25) is 0 Å². The molecular weight excluding hydrogens is 478 g/mol. The van der Waals surface area contributed by atoms with E-state index in [4.69, 9.17) is 33.7 Å². The van der Waals surface area contributed by atoms with Gasteiger partial charge in [0.05, 0.1) is 28.3 Å². The van der Waals surface area contributed by atoms with Crippen molar-refractivity contribution in [1.82, 2.24) is 14.5 Å². The summed E-state index contributed by atoms with van der Waals surface area (Å²) in [6.45, 7) is 0. The molecule has 166 valence electrons. The van der Waals surface area contributed by atoms with Gasteiger partial charge in [0.2, 0.25) is 0 Å². The van der Waals surface area contributed by atoms with E-state index in [1.807, 2.05) is 0 Å². The lowest BCUT2D eigenvalue weighted by Crippen LogP contribution is -2.08. The van der Waals surface area contributed by atoms with Crippen LogP contribution in [0.25, 0.3) is 22.2 Å². The predicted molar refractivity (Wildman–Crippen MR) is 122 cm³/mol. The summed E-state index contributed by atoms with van der Waals surface area (Å²) in [6, 6.07) is 6.95. The highest BCUT2D eigenvalue weighted by Gasteiger charge is 2.25. The van der Waals surface area contributed by atoms with Gasteiger partial charge in [0.1, 0.15) is 34.3 Å². The van der Waals surface area contributed by atoms with Crippen LogP contribution in [0, 0.1) is 5.82 Å². The zero-order chi connectivity index (χ0) is 23.2. The summed E-state index contributed by atoms with van der Waals surface area (Å²) in [7, 11) is -0.999. The number of nitrogens with two attached hydrogens (primary N) is 1. The first-order valence-corrected chi connectivity index (χ1v) is 11.6. The molecule has 7 nitrogen and oxygen atoms in total. The number of methoxy groups -OCH3 is 1. The van der Waals surface area contributed by atoms with Gasteiger partial charge in [-0.05, 0) is 11.6 Å². The number of nitrogen functional groups attached to an aromatic ring is 1. The topological polar surface area (TPSA) is 100 Å². The Morgan fingerprint density at radius 1 is 1.19 bits per heavy atom. The number of hydrogen-bond acceptors (Lipinski definition) is 6. The third-order valence-corrected chi connectivity index (χ3v) is 7.45. The number of aryl methyl sites for hydroxylation is 1. The minimum Gasteiger partial charge on any atom is -0.495 e. The van der Waals surface area contributed by atoms with Gasteiger partial charge in [0.25, 0.3) is 0 Å². The Balaban J connectivity index is 1.81. The van der Waals surface area contributed by atoms with Crippen molar-refractivity contribution in [3.05, 3.63) is 64.3 Å². The molecule has 2 aromatic heterocycles. The van der Waals surface area contributed by atoms with Crippen LogP contribution < -0.4 is 10.5 Å². The molecule has 0 aliphatic carbocycles. The number of hydrogen-bond donors (Lipinski definition) is 1. The first-order chi connectivity index (χ1) is 15.1. The van der Waals surface area contributed by atoms with Gasteiger partial charge in [-0.2, -0.15) is 0 Å². The van der Waals surface area contributed by atoms with E-state index in [1.165, 1.54) is 13.4 Å². The number of halogens is 3. The van der Waals surface area contributed by atoms with Crippen molar-refractivity contribution >= 4 is 49.9 Å². The average Bonchev–Trinajstić information content (AvgIpc) is 3.08. The lowest BCUT2D eigenvalue weighted by Gasteiger charge is -2.12. The van der Waals surface area contributed by atoms with Crippen LogP contribution in [0.4, 0.5) is 10.2 Å². The molecule has 0 atom stereocenters. The van der Waals surface area contributed by atoms with Gasteiger partial charge < -0.3 is 15.0 Å². The van der Waals surface area contributed by atoms with Gasteiger partial charge in [-0.15, -0.1) is 0 Å². The molecular formula is C21H17Cl2FN4O3S. The second-order valence-electron chi connectivity index (χ2n) is 7.07. The quantitative estimate of drug-likeness (QED) is 0.433. The van der Waals surface area contributed by atoms with Gasteiger partial charge >= 0.3 is 0 Å². The number of nitrogens with zero attached hydrogens (tertiary/aromatic N) is 3. The smallest absolute Gasteiger partial charge is 0.185 e. The zero-order valence-corrected chi connectivity index (χ0v) is 19.3. The van der Waals surface area contributed by atoms with Crippen molar-refractivity contribution in [3.63, 3.8) is 0 Å². The van der Waals surface area contributed by atoms with E-state index in [0.29, 0.717) is 27.7 Å². The molecule has 0 spiro atoms. The summed E-state index contributed by atoms with van der Waals surface area (Å²) in [6.07, 6.45) is 3.15. The molecule has 2 N–H and O–H groups in total. The molecule has 0 saturated heterocycles. The largest absolute Gasteiger partial charge is 0.495 e. The molecule has 2 heterocycles. The van der Waals surface area contributed by atoms with E-state index in [9.17, 15) is 12.8 Å². The molecule has 2 aromatic carbocycles. The van der Waals surface area contributed by atoms with Crippen LogP contribution in [0.15, 0.2) is 47.8 Å². The SMILES string of the molecule is COc1cc(F)c(S(=O)(=O)Cc2cccc(-c3cn(C)c4ncnc(N)c34)c2Cl)cc1Cl. The number of rotatable bonds is 5. The van der Waals surface area contributed by atoms with Gasteiger partial charge in [0, 0.05) is 30.4 Å². The lowest BCUT2D eigenvalue weighted by molar-refractivity contribution is 0.410. The number of fused-ring (bicyclic) bond motifs is 1. The Morgan fingerprint density at radius 3 is 2.66 bits per heavy atom. The van der Waals surface area contributed by atoms with E-state index >= 15 is 0 Å². The maximum Gasteiger partial charge on any atom is 0.185 e. The van der Waals surface area contributed by atoms with Crippen LogP contribution in [0.5, 0.6) is 5.75 Å². The molecule has 0 radical (unpaired) electrons. The summed E-state index contributed by atoms with van der Waals surface area (Å²) in [5.74, 6) is -1.18. The van der Waals surface area contributed by atoms with Gasteiger partial charge in [0.15, 0.2) is 9.84 Å². The molecule has 4 aromatic rings. The van der Waals surface area contributed by atoms with E-state index in [1.54, 1.807) is 36.0 Å². The summed E-state index contributed by atoms with van der Waals surface area (Å²) < 4.78 is 47.2. The predicted octanol–water partition coefficient (Wildman–Crippen LogP) is 4.65. The fourth-order valence-corrected chi connectivity index (χ4v) is 5.66. The van der Waals surface area contributed by atoms with Gasteiger partial charge in [-0.25, -0.2) is 22.8 Å². The number of sulfone groups is 1. The first-order valence-electron chi connectivity index (χ1n) is 9.23. The van der Waals surface area contributed by atoms with Gasteiger partial charge in [-0.1, -0.05) is 41.4 Å². The molecule has 11 heteroatoms.